The van der Waals surface area contributed by atoms with Crippen molar-refractivity contribution in [3.05, 3.63) is 42.2 Å². The monoisotopic (exact) mass is 331 g/mol. The molecule has 0 amide bonds. The molecule has 1 aromatic rings. The first-order valence-corrected chi connectivity index (χ1v) is 8.64. The van der Waals surface area contributed by atoms with Crippen LogP contribution >= 0.6 is 0 Å². The second-order valence-electron chi connectivity index (χ2n) is 7.49. The Morgan fingerprint density at radius 3 is 2.71 bits per heavy atom. The average molecular weight is 331 g/mol. The van der Waals surface area contributed by atoms with Crippen molar-refractivity contribution >= 4 is 5.97 Å². The second kappa shape index (κ2) is 8.40. The number of nitrogens with zero attached hydrogens (tertiary/aromatic N) is 3. The summed E-state index contributed by atoms with van der Waals surface area (Å²) in [4.78, 5) is 20.5. The van der Waals surface area contributed by atoms with E-state index < -0.39 is 12.0 Å². The lowest BCUT2D eigenvalue weighted by atomic mass is 9.95. The highest BCUT2D eigenvalue weighted by atomic mass is 16.4. The minimum Gasteiger partial charge on any atom is -0.480 e. The van der Waals surface area contributed by atoms with E-state index in [-0.39, 0.29) is 5.41 Å². The highest BCUT2D eigenvalue weighted by Crippen LogP contribution is 2.17. The normalized spacial score (nSPS) is 19.3. The molecule has 5 heteroatoms. The van der Waals surface area contributed by atoms with Gasteiger partial charge in [-0.2, -0.15) is 0 Å². The molecule has 2 heterocycles. The van der Waals surface area contributed by atoms with E-state index >= 15 is 0 Å². The van der Waals surface area contributed by atoms with Crippen molar-refractivity contribution in [1.29, 1.82) is 0 Å². The van der Waals surface area contributed by atoms with Gasteiger partial charge < -0.3 is 5.11 Å². The maximum absolute atomic E-state index is 11.7. The van der Waals surface area contributed by atoms with Gasteiger partial charge in [-0.05, 0) is 30.5 Å². The zero-order chi connectivity index (χ0) is 17.6. The van der Waals surface area contributed by atoms with E-state index in [0.717, 1.165) is 44.8 Å². The highest BCUT2D eigenvalue weighted by Gasteiger charge is 2.26. The van der Waals surface area contributed by atoms with Crippen LogP contribution in [0.15, 0.2) is 36.5 Å². The summed E-state index contributed by atoms with van der Waals surface area (Å²) in [7, 11) is 0. The molecule has 5 nitrogen and oxygen atoms in total. The molecule has 0 radical (unpaired) electrons. The Labute approximate surface area is 145 Å². The van der Waals surface area contributed by atoms with Crippen LogP contribution in [0.5, 0.6) is 0 Å². The summed E-state index contributed by atoms with van der Waals surface area (Å²) in [5.41, 5.74) is 1.05. The number of carboxylic acids is 1. The van der Waals surface area contributed by atoms with E-state index in [1.807, 2.05) is 36.5 Å². The number of allylic oxidation sites excluding steroid dienone is 1. The molecule has 0 bridgehead atoms. The summed E-state index contributed by atoms with van der Waals surface area (Å²) in [5.74, 6) is -0.770. The third-order valence-corrected chi connectivity index (χ3v) is 4.16. The number of aromatic nitrogens is 1. The summed E-state index contributed by atoms with van der Waals surface area (Å²) < 4.78 is 0. The van der Waals surface area contributed by atoms with Crippen LogP contribution in [0.2, 0.25) is 0 Å². The van der Waals surface area contributed by atoms with Crippen molar-refractivity contribution in [2.24, 2.45) is 5.41 Å². The van der Waals surface area contributed by atoms with Gasteiger partial charge in [0.1, 0.15) is 6.04 Å². The summed E-state index contributed by atoms with van der Waals surface area (Å²) >= 11 is 0. The third kappa shape index (κ3) is 6.06. The van der Waals surface area contributed by atoms with E-state index in [9.17, 15) is 9.90 Å². The fraction of sp³-hybridized carbons (Fsp3) is 0.579. The van der Waals surface area contributed by atoms with Gasteiger partial charge in [-0.15, -0.1) is 0 Å². The Morgan fingerprint density at radius 2 is 2.08 bits per heavy atom. The van der Waals surface area contributed by atoms with Crippen LogP contribution in [-0.2, 0) is 11.3 Å². The molecule has 1 saturated heterocycles. The van der Waals surface area contributed by atoms with Crippen LogP contribution in [0, 0.1) is 5.41 Å². The standard InChI is InChI=1S/C19H29N3O2/c1-19(2,3)9-8-17(18(23)24)22-12-6-11-21(13-14-22)15-16-7-4-5-10-20-16/h4-5,7-10,17H,6,11-15H2,1-3H3,(H,23,24)/b9-8+/t17-/m0/s1. The molecule has 1 aromatic heterocycles. The first kappa shape index (κ1) is 18.6. The Bertz CT molecular complexity index is 551. The zero-order valence-corrected chi connectivity index (χ0v) is 15.0. The molecular weight excluding hydrogens is 302 g/mol. The number of carbonyl (C=O) groups is 1. The predicted octanol–water partition coefficient (Wildman–Crippen LogP) is 2.64. The van der Waals surface area contributed by atoms with Crippen LogP contribution in [0.25, 0.3) is 0 Å². The van der Waals surface area contributed by atoms with Crippen molar-refractivity contribution < 1.29 is 9.90 Å². The Hall–Kier alpha value is -1.72. The van der Waals surface area contributed by atoms with Gasteiger partial charge in [0, 0.05) is 32.4 Å². The first-order valence-electron chi connectivity index (χ1n) is 8.64. The van der Waals surface area contributed by atoms with E-state index in [4.69, 9.17) is 0 Å². The largest absolute Gasteiger partial charge is 0.480 e. The lowest BCUT2D eigenvalue weighted by molar-refractivity contribution is -0.141. The molecule has 0 aliphatic carbocycles. The fourth-order valence-electron chi connectivity index (χ4n) is 2.89. The molecule has 0 spiro atoms. The van der Waals surface area contributed by atoms with Gasteiger partial charge in [-0.25, -0.2) is 0 Å². The van der Waals surface area contributed by atoms with Crippen LogP contribution < -0.4 is 0 Å². The van der Waals surface area contributed by atoms with E-state index in [1.54, 1.807) is 0 Å². The van der Waals surface area contributed by atoms with Gasteiger partial charge >= 0.3 is 5.97 Å². The number of rotatable bonds is 5. The first-order chi connectivity index (χ1) is 11.3. The Morgan fingerprint density at radius 1 is 1.29 bits per heavy atom. The maximum atomic E-state index is 11.7. The third-order valence-electron chi connectivity index (χ3n) is 4.16. The minimum atomic E-state index is -0.770. The van der Waals surface area contributed by atoms with E-state index in [2.05, 4.69) is 35.6 Å². The lowest BCUT2D eigenvalue weighted by Gasteiger charge is -2.26. The average Bonchev–Trinajstić information content (AvgIpc) is 2.73. The summed E-state index contributed by atoms with van der Waals surface area (Å²) in [6.45, 7) is 10.5. The molecule has 2 rings (SSSR count). The van der Waals surface area contributed by atoms with Gasteiger partial charge in [-0.1, -0.05) is 39.0 Å². The number of aliphatic carboxylic acids is 1. The molecule has 0 saturated carbocycles. The summed E-state index contributed by atoms with van der Waals surface area (Å²) in [6.07, 6.45) is 6.64. The van der Waals surface area contributed by atoms with Crippen LogP contribution in [0.3, 0.4) is 0 Å². The summed E-state index contributed by atoms with van der Waals surface area (Å²) in [6, 6.07) is 5.42. The predicted molar refractivity (Wildman–Crippen MR) is 95.7 cm³/mol. The SMILES string of the molecule is CC(C)(C)/C=C/[C@@H](C(=O)O)N1CCCN(Cc2ccccn2)CC1. The minimum absolute atomic E-state index is 0.00936. The topological polar surface area (TPSA) is 56.7 Å². The van der Waals surface area contributed by atoms with Crippen LogP contribution in [-0.4, -0.2) is 58.1 Å². The number of hydrogen-bond donors (Lipinski definition) is 1. The van der Waals surface area contributed by atoms with Crippen LogP contribution in [0.1, 0.15) is 32.9 Å². The van der Waals surface area contributed by atoms with Gasteiger partial charge in [-0.3, -0.25) is 19.6 Å². The zero-order valence-electron chi connectivity index (χ0n) is 15.0. The fourth-order valence-corrected chi connectivity index (χ4v) is 2.89. The quantitative estimate of drug-likeness (QED) is 0.841. The maximum Gasteiger partial charge on any atom is 0.324 e. The number of hydrogen-bond acceptors (Lipinski definition) is 4. The van der Waals surface area contributed by atoms with Crippen molar-refractivity contribution in [1.82, 2.24) is 14.8 Å². The molecule has 1 aliphatic heterocycles. The molecule has 1 fully saturated rings. The van der Waals surface area contributed by atoms with Gasteiger partial charge in [0.25, 0.3) is 0 Å². The molecule has 0 unspecified atom stereocenters. The van der Waals surface area contributed by atoms with Crippen molar-refractivity contribution in [3.8, 4) is 0 Å². The molecule has 0 aromatic carbocycles. The molecule has 1 N–H and O–H groups in total. The van der Waals surface area contributed by atoms with Crippen molar-refractivity contribution in [3.63, 3.8) is 0 Å². The Kier molecular flexibility index (Phi) is 6.52. The Balaban J connectivity index is 1.97. The smallest absolute Gasteiger partial charge is 0.324 e. The second-order valence-corrected chi connectivity index (χ2v) is 7.49. The van der Waals surface area contributed by atoms with Gasteiger partial charge in [0.2, 0.25) is 0 Å². The van der Waals surface area contributed by atoms with Crippen molar-refractivity contribution in [2.45, 2.75) is 39.8 Å². The molecule has 1 atom stereocenters. The van der Waals surface area contributed by atoms with E-state index in [0.29, 0.717) is 0 Å². The molecular formula is C19H29N3O2. The molecule has 1 aliphatic rings. The molecule has 132 valence electrons. The van der Waals surface area contributed by atoms with Crippen molar-refractivity contribution in [2.75, 3.05) is 26.2 Å². The van der Waals surface area contributed by atoms with Crippen LogP contribution in [0.4, 0.5) is 0 Å². The highest BCUT2D eigenvalue weighted by molar-refractivity contribution is 5.75. The van der Waals surface area contributed by atoms with Gasteiger partial charge in [0.15, 0.2) is 0 Å². The van der Waals surface area contributed by atoms with Gasteiger partial charge in [0.05, 0.1) is 5.69 Å². The summed E-state index contributed by atoms with van der Waals surface area (Å²) in [5, 5.41) is 9.60. The lowest BCUT2D eigenvalue weighted by Crippen LogP contribution is -2.42. The van der Waals surface area contributed by atoms with E-state index in [1.165, 1.54) is 0 Å². The molecule has 24 heavy (non-hydrogen) atoms. The number of carboxylic acid groups (broad SMARTS) is 1. The number of pyridine rings is 1.